The van der Waals surface area contributed by atoms with E-state index in [1.54, 1.807) is 0 Å². The summed E-state index contributed by atoms with van der Waals surface area (Å²) in [6.07, 6.45) is 4.69. The standard InChI is InChI=1S/C14H22N2/c1-16(2)11-13-5-3-12(4-6-13)7-8-14(15)9-10-14/h3-6H,7-11,15H2,1-2H3. The van der Waals surface area contributed by atoms with E-state index >= 15 is 0 Å². The van der Waals surface area contributed by atoms with E-state index in [-0.39, 0.29) is 5.54 Å². The Hall–Kier alpha value is -0.860. The van der Waals surface area contributed by atoms with Gasteiger partial charge in [0.05, 0.1) is 0 Å². The predicted molar refractivity (Wildman–Crippen MR) is 68.3 cm³/mol. The first kappa shape index (κ1) is 11.6. The third-order valence-corrected chi connectivity index (χ3v) is 3.33. The van der Waals surface area contributed by atoms with Crippen molar-refractivity contribution >= 4 is 0 Å². The van der Waals surface area contributed by atoms with Crippen LogP contribution in [0.1, 0.15) is 30.4 Å². The number of rotatable bonds is 5. The van der Waals surface area contributed by atoms with Crippen LogP contribution in [0.25, 0.3) is 0 Å². The smallest absolute Gasteiger partial charge is 0.0227 e. The van der Waals surface area contributed by atoms with Gasteiger partial charge in [-0.2, -0.15) is 0 Å². The van der Waals surface area contributed by atoms with Crippen LogP contribution in [0.5, 0.6) is 0 Å². The summed E-state index contributed by atoms with van der Waals surface area (Å²) in [5.41, 5.74) is 9.06. The van der Waals surface area contributed by atoms with Crippen molar-refractivity contribution in [2.24, 2.45) is 5.73 Å². The topological polar surface area (TPSA) is 29.3 Å². The summed E-state index contributed by atoms with van der Waals surface area (Å²) in [5.74, 6) is 0. The van der Waals surface area contributed by atoms with Gasteiger partial charge in [-0.15, -0.1) is 0 Å². The van der Waals surface area contributed by atoms with Crippen molar-refractivity contribution in [3.63, 3.8) is 0 Å². The molecule has 0 unspecified atom stereocenters. The van der Waals surface area contributed by atoms with Gasteiger partial charge in [0.2, 0.25) is 0 Å². The molecule has 1 fully saturated rings. The molecule has 0 radical (unpaired) electrons. The van der Waals surface area contributed by atoms with Crippen LogP contribution >= 0.6 is 0 Å². The van der Waals surface area contributed by atoms with Gasteiger partial charge in [-0.3, -0.25) is 0 Å². The molecule has 2 rings (SSSR count). The van der Waals surface area contributed by atoms with Crippen LogP contribution in [-0.2, 0) is 13.0 Å². The van der Waals surface area contributed by atoms with Crippen LogP contribution in [0.4, 0.5) is 0 Å². The molecule has 16 heavy (non-hydrogen) atoms. The molecule has 0 aliphatic heterocycles. The van der Waals surface area contributed by atoms with Gasteiger partial charge >= 0.3 is 0 Å². The Morgan fingerprint density at radius 3 is 2.19 bits per heavy atom. The third-order valence-electron chi connectivity index (χ3n) is 3.33. The predicted octanol–water partition coefficient (Wildman–Crippen LogP) is 2.17. The molecular formula is C14H22N2. The van der Waals surface area contributed by atoms with Gasteiger partial charge < -0.3 is 10.6 Å². The first-order valence-electron chi connectivity index (χ1n) is 6.09. The second kappa shape index (κ2) is 4.56. The highest BCUT2D eigenvalue weighted by Gasteiger charge is 2.37. The monoisotopic (exact) mass is 218 g/mol. The Balaban J connectivity index is 1.86. The van der Waals surface area contributed by atoms with Gasteiger partial charge in [-0.25, -0.2) is 0 Å². The Bertz CT molecular complexity index is 336. The van der Waals surface area contributed by atoms with E-state index in [0.29, 0.717) is 0 Å². The van der Waals surface area contributed by atoms with E-state index in [1.165, 1.54) is 24.0 Å². The zero-order valence-corrected chi connectivity index (χ0v) is 10.4. The Morgan fingerprint density at radius 2 is 1.69 bits per heavy atom. The SMILES string of the molecule is CN(C)Cc1ccc(CCC2(N)CC2)cc1. The summed E-state index contributed by atoms with van der Waals surface area (Å²) in [6, 6.07) is 8.94. The Labute approximate surface area is 98.4 Å². The highest BCUT2D eigenvalue weighted by molar-refractivity contribution is 5.23. The summed E-state index contributed by atoms with van der Waals surface area (Å²) in [4.78, 5) is 2.19. The van der Waals surface area contributed by atoms with Crippen LogP contribution < -0.4 is 5.73 Å². The second-order valence-electron chi connectivity index (χ2n) is 5.42. The highest BCUT2D eigenvalue weighted by Crippen LogP contribution is 2.36. The van der Waals surface area contributed by atoms with Crippen molar-refractivity contribution in [2.45, 2.75) is 37.8 Å². The fraction of sp³-hybridized carbons (Fsp3) is 0.571. The largest absolute Gasteiger partial charge is 0.325 e. The van der Waals surface area contributed by atoms with E-state index in [1.807, 2.05) is 0 Å². The molecule has 1 aromatic carbocycles. The second-order valence-corrected chi connectivity index (χ2v) is 5.42. The molecule has 2 heteroatoms. The van der Waals surface area contributed by atoms with Crippen LogP contribution in [0, 0.1) is 0 Å². The van der Waals surface area contributed by atoms with E-state index in [0.717, 1.165) is 19.4 Å². The number of nitrogens with zero attached hydrogens (tertiary/aromatic N) is 1. The lowest BCUT2D eigenvalue weighted by Crippen LogP contribution is -2.22. The van der Waals surface area contributed by atoms with Crippen molar-refractivity contribution < 1.29 is 0 Å². The third kappa shape index (κ3) is 3.32. The van der Waals surface area contributed by atoms with Gasteiger partial charge in [0.15, 0.2) is 0 Å². The molecular weight excluding hydrogens is 196 g/mol. The molecule has 0 amide bonds. The molecule has 1 aliphatic rings. The number of hydrogen-bond donors (Lipinski definition) is 1. The summed E-state index contributed by atoms with van der Waals surface area (Å²) in [5, 5.41) is 0. The first-order chi connectivity index (χ1) is 7.57. The number of hydrogen-bond acceptors (Lipinski definition) is 2. The van der Waals surface area contributed by atoms with Crippen LogP contribution in [0.15, 0.2) is 24.3 Å². The van der Waals surface area contributed by atoms with E-state index in [4.69, 9.17) is 5.73 Å². The minimum Gasteiger partial charge on any atom is -0.325 e. The van der Waals surface area contributed by atoms with Crippen molar-refractivity contribution in [1.29, 1.82) is 0 Å². The number of aryl methyl sites for hydroxylation is 1. The van der Waals surface area contributed by atoms with Crippen molar-refractivity contribution in [3.8, 4) is 0 Å². The zero-order chi connectivity index (χ0) is 11.6. The molecule has 1 aromatic rings. The summed E-state index contributed by atoms with van der Waals surface area (Å²) >= 11 is 0. The molecule has 0 aromatic heterocycles. The quantitative estimate of drug-likeness (QED) is 0.820. The van der Waals surface area contributed by atoms with Gasteiger partial charge in [-0.1, -0.05) is 24.3 Å². The van der Waals surface area contributed by atoms with Crippen molar-refractivity contribution in [1.82, 2.24) is 4.90 Å². The van der Waals surface area contributed by atoms with Crippen LogP contribution in [-0.4, -0.2) is 24.5 Å². The van der Waals surface area contributed by atoms with Gasteiger partial charge in [-0.05, 0) is 50.9 Å². The normalized spacial score (nSPS) is 17.8. The van der Waals surface area contributed by atoms with Gasteiger partial charge in [0, 0.05) is 12.1 Å². The van der Waals surface area contributed by atoms with Gasteiger partial charge in [0.1, 0.15) is 0 Å². The summed E-state index contributed by atoms with van der Waals surface area (Å²) in [7, 11) is 4.19. The average molecular weight is 218 g/mol. The van der Waals surface area contributed by atoms with Crippen molar-refractivity contribution in [3.05, 3.63) is 35.4 Å². The Kier molecular flexibility index (Phi) is 3.31. The van der Waals surface area contributed by atoms with Crippen LogP contribution in [0.3, 0.4) is 0 Å². The zero-order valence-electron chi connectivity index (χ0n) is 10.4. The molecule has 2 N–H and O–H groups in total. The number of benzene rings is 1. The summed E-state index contributed by atoms with van der Waals surface area (Å²) < 4.78 is 0. The molecule has 0 heterocycles. The maximum atomic E-state index is 6.08. The molecule has 0 atom stereocenters. The lowest BCUT2D eigenvalue weighted by molar-refractivity contribution is 0.402. The van der Waals surface area contributed by atoms with Crippen LogP contribution in [0.2, 0.25) is 0 Å². The molecule has 1 aliphatic carbocycles. The fourth-order valence-corrected chi connectivity index (χ4v) is 1.98. The molecule has 0 bridgehead atoms. The lowest BCUT2D eigenvalue weighted by atomic mass is 10.0. The first-order valence-corrected chi connectivity index (χ1v) is 6.09. The summed E-state index contributed by atoms with van der Waals surface area (Å²) in [6.45, 7) is 1.01. The lowest BCUT2D eigenvalue weighted by Gasteiger charge is -2.11. The highest BCUT2D eigenvalue weighted by atomic mass is 15.0. The maximum absolute atomic E-state index is 6.08. The molecule has 1 saturated carbocycles. The molecule has 2 nitrogen and oxygen atoms in total. The van der Waals surface area contributed by atoms with Crippen molar-refractivity contribution in [2.75, 3.05) is 14.1 Å². The van der Waals surface area contributed by atoms with E-state index in [9.17, 15) is 0 Å². The molecule has 88 valence electrons. The minimum absolute atomic E-state index is 0.183. The van der Waals surface area contributed by atoms with E-state index < -0.39 is 0 Å². The maximum Gasteiger partial charge on any atom is 0.0227 e. The Morgan fingerprint density at radius 1 is 1.12 bits per heavy atom. The average Bonchev–Trinajstić information content (AvgIpc) is 2.96. The minimum atomic E-state index is 0.183. The molecule has 0 saturated heterocycles. The number of nitrogens with two attached hydrogens (primary N) is 1. The fourth-order valence-electron chi connectivity index (χ4n) is 1.98. The molecule has 0 spiro atoms. The van der Waals surface area contributed by atoms with Gasteiger partial charge in [0.25, 0.3) is 0 Å². The van der Waals surface area contributed by atoms with E-state index in [2.05, 4.69) is 43.3 Å².